The number of hydrogen-bond donors (Lipinski definition) is 1. The molecule has 8 nitrogen and oxygen atoms in total. The highest BCUT2D eigenvalue weighted by atomic mass is 32.2. The molecule has 0 aliphatic carbocycles. The second-order valence-electron chi connectivity index (χ2n) is 6.44. The first-order chi connectivity index (χ1) is 13.1. The molecule has 1 atom stereocenters. The van der Waals surface area contributed by atoms with Crippen LogP contribution < -0.4 is 0 Å². The molecule has 9 heteroatoms. The first-order valence-corrected chi connectivity index (χ1v) is 9.62. The van der Waals surface area contributed by atoms with Crippen molar-refractivity contribution in [1.82, 2.24) is 20.2 Å². The summed E-state index contributed by atoms with van der Waals surface area (Å²) in [5, 5.41) is 13.6. The predicted octanol–water partition coefficient (Wildman–Crippen LogP) is 3.58. The molecule has 0 fully saturated rings. The van der Waals surface area contributed by atoms with Crippen LogP contribution in [0.2, 0.25) is 0 Å². The molecule has 1 amide bonds. The molecule has 4 heterocycles. The van der Waals surface area contributed by atoms with E-state index in [9.17, 15) is 4.79 Å². The van der Waals surface area contributed by atoms with E-state index in [-0.39, 0.29) is 23.6 Å². The Balaban J connectivity index is 1.50. The van der Waals surface area contributed by atoms with Gasteiger partial charge in [-0.05, 0) is 24.3 Å². The Hall–Kier alpha value is -2.81. The Morgan fingerprint density at radius 3 is 2.81 bits per heavy atom. The molecule has 0 aromatic carbocycles. The highest BCUT2D eigenvalue weighted by molar-refractivity contribution is 7.99. The van der Waals surface area contributed by atoms with Crippen molar-refractivity contribution < 1.29 is 13.6 Å². The molecule has 0 unspecified atom stereocenters. The van der Waals surface area contributed by atoms with E-state index in [1.165, 1.54) is 16.8 Å². The fourth-order valence-electron chi connectivity index (χ4n) is 2.81. The van der Waals surface area contributed by atoms with Gasteiger partial charge in [-0.15, -0.1) is 5.10 Å². The number of furan rings is 2. The summed E-state index contributed by atoms with van der Waals surface area (Å²) in [5.74, 6) is 2.45. The van der Waals surface area contributed by atoms with Gasteiger partial charge in [0.2, 0.25) is 5.16 Å². The van der Waals surface area contributed by atoms with Gasteiger partial charge < -0.3 is 8.83 Å². The summed E-state index contributed by atoms with van der Waals surface area (Å²) in [6, 6.07) is 7.01. The fourth-order valence-corrected chi connectivity index (χ4v) is 3.47. The van der Waals surface area contributed by atoms with Gasteiger partial charge in [-0.3, -0.25) is 9.89 Å². The van der Waals surface area contributed by atoms with E-state index in [4.69, 9.17) is 8.83 Å². The maximum Gasteiger partial charge on any atom is 0.253 e. The van der Waals surface area contributed by atoms with Gasteiger partial charge in [-0.1, -0.05) is 25.6 Å². The molecule has 0 radical (unpaired) electrons. The zero-order valence-corrected chi connectivity index (χ0v) is 15.8. The molecule has 4 rings (SSSR count). The molecular formula is C18H19N5O3S. The number of thioether (sulfide) groups is 1. The molecule has 1 aliphatic rings. The van der Waals surface area contributed by atoms with Crippen molar-refractivity contribution >= 4 is 23.4 Å². The number of amides is 1. The van der Waals surface area contributed by atoms with E-state index < -0.39 is 0 Å². The third kappa shape index (κ3) is 3.68. The summed E-state index contributed by atoms with van der Waals surface area (Å²) in [5.41, 5.74) is 0.722. The number of aromatic nitrogens is 3. The van der Waals surface area contributed by atoms with Crippen LogP contribution in [0.5, 0.6) is 0 Å². The highest BCUT2D eigenvalue weighted by Crippen LogP contribution is 2.33. The number of carbonyl (C=O) groups is 1. The van der Waals surface area contributed by atoms with Gasteiger partial charge in [0.1, 0.15) is 29.1 Å². The number of aromatic amines is 1. The second kappa shape index (κ2) is 7.43. The summed E-state index contributed by atoms with van der Waals surface area (Å²) < 4.78 is 11.0. The summed E-state index contributed by atoms with van der Waals surface area (Å²) in [6.07, 6.45) is 3.73. The third-order valence-electron chi connectivity index (χ3n) is 4.20. The Kier molecular flexibility index (Phi) is 4.85. The summed E-state index contributed by atoms with van der Waals surface area (Å²) in [4.78, 5) is 17.2. The first kappa shape index (κ1) is 17.6. The molecule has 0 saturated carbocycles. The van der Waals surface area contributed by atoms with Crippen LogP contribution in [-0.4, -0.2) is 37.6 Å². The molecule has 1 aliphatic heterocycles. The van der Waals surface area contributed by atoms with Gasteiger partial charge in [0.25, 0.3) is 5.91 Å². The number of rotatable bonds is 6. The first-order valence-electron chi connectivity index (χ1n) is 8.63. The van der Waals surface area contributed by atoms with Crippen molar-refractivity contribution in [2.45, 2.75) is 37.4 Å². The van der Waals surface area contributed by atoms with Gasteiger partial charge >= 0.3 is 0 Å². The maximum atomic E-state index is 12.8. The van der Waals surface area contributed by atoms with E-state index in [2.05, 4.69) is 20.3 Å². The van der Waals surface area contributed by atoms with Crippen LogP contribution in [0.3, 0.4) is 0 Å². The number of H-pyrrole nitrogens is 1. The number of hydrogen-bond acceptors (Lipinski definition) is 7. The van der Waals surface area contributed by atoms with Gasteiger partial charge in [0.15, 0.2) is 0 Å². The second-order valence-corrected chi connectivity index (χ2v) is 7.39. The van der Waals surface area contributed by atoms with Crippen molar-refractivity contribution in [3.05, 3.63) is 54.1 Å². The van der Waals surface area contributed by atoms with E-state index in [0.717, 1.165) is 11.5 Å². The summed E-state index contributed by atoms with van der Waals surface area (Å²) >= 11 is 1.28. The van der Waals surface area contributed by atoms with Crippen LogP contribution in [0.4, 0.5) is 0 Å². The van der Waals surface area contributed by atoms with Crippen LogP contribution in [-0.2, 0) is 4.79 Å². The van der Waals surface area contributed by atoms with Crippen molar-refractivity contribution in [3.8, 4) is 0 Å². The largest absolute Gasteiger partial charge is 0.467 e. The fraction of sp³-hybridized carbons (Fsp3) is 0.333. The lowest BCUT2D eigenvalue weighted by atomic mass is 10.1. The Bertz CT molecular complexity index is 930. The summed E-state index contributed by atoms with van der Waals surface area (Å²) in [7, 11) is 0. The lowest BCUT2D eigenvalue weighted by Crippen LogP contribution is -2.28. The van der Waals surface area contributed by atoms with Crippen molar-refractivity contribution in [2.75, 3.05) is 5.75 Å². The van der Waals surface area contributed by atoms with Gasteiger partial charge in [0, 0.05) is 12.3 Å². The van der Waals surface area contributed by atoms with Crippen LogP contribution in [0.25, 0.3) is 0 Å². The smallest absolute Gasteiger partial charge is 0.253 e. The zero-order valence-electron chi connectivity index (χ0n) is 15.0. The molecule has 0 spiro atoms. The van der Waals surface area contributed by atoms with E-state index >= 15 is 0 Å². The average molecular weight is 385 g/mol. The van der Waals surface area contributed by atoms with Gasteiger partial charge in [-0.25, -0.2) is 9.99 Å². The molecule has 0 bridgehead atoms. The van der Waals surface area contributed by atoms with Gasteiger partial charge in [0.05, 0.1) is 18.3 Å². The van der Waals surface area contributed by atoms with Crippen molar-refractivity contribution in [3.63, 3.8) is 0 Å². The summed E-state index contributed by atoms with van der Waals surface area (Å²) in [6.45, 7) is 4.06. The normalized spacial score (nSPS) is 16.9. The van der Waals surface area contributed by atoms with Crippen molar-refractivity contribution in [1.29, 1.82) is 0 Å². The molecule has 3 aromatic heterocycles. The minimum absolute atomic E-state index is 0.140. The molecular weight excluding hydrogens is 366 g/mol. The van der Waals surface area contributed by atoms with Crippen LogP contribution in [0, 0.1) is 0 Å². The van der Waals surface area contributed by atoms with Gasteiger partial charge in [-0.2, -0.15) is 5.10 Å². The molecule has 3 aromatic rings. The predicted molar refractivity (Wildman–Crippen MR) is 99.4 cm³/mol. The minimum atomic E-state index is -0.286. The SMILES string of the molecule is CC(C)c1nc(SCC(=O)N2N=C(c3ccco3)C[C@H]2c2ccco2)n[nH]1. The maximum absolute atomic E-state index is 12.8. The van der Waals surface area contributed by atoms with Crippen LogP contribution in [0.15, 0.2) is 55.9 Å². The quantitative estimate of drug-likeness (QED) is 0.651. The zero-order chi connectivity index (χ0) is 18.8. The number of hydrazone groups is 1. The van der Waals surface area contributed by atoms with E-state index in [1.807, 2.05) is 26.0 Å². The molecule has 140 valence electrons. The topological polar surface area (TPSA) is 101 Å². The van der Waals surface area contributed by atoms with Crippen molar-refractivity contribution in [2.24, 2.45) is 5.10 Å². The van der Waals surface area contributed by atoms with E-state index in [1.54, 1.807) is 24.7 Å². The number of carbonyl (C=O) groups excluding carboxylic acids is 1. The minimum Gasteiger partial charge on any atom is -0.467 e. The van der Waals surface area contributed by atoms with Crippen LogP contribution in [0.1, 0.15) is 49.6 Å². The Labute approximate surface area is 160 Å². The van der Waals surface area contributed by atoms with E-state index in [0.29, 0.717) is 23.1 Å². The average Bonchev–Trinajstić information content (AvgIpc) is 3.46. The lowest BCUT2D eigenvalue weighted by molar-refractivity contribution is -0.130. The third-order valence-corrected chi connectivity index (χ3v) is 5.03. The van der Waals surface area contributed by atoms with Crippen LogP contribution >= 0.6 is 11.8 Å². The molecule has 1 N–H and O–H groups in total. The number of nitrogens with one attached hydrogen (secondary N) is 1. The lowest BCUT2D eigenvalue weighted by Gasteiger charge is -2.19. The monoisotopic (exact) mass is 385 g/mol. The Morgan fingerprint density at radius 1 is 1.33 bits per heavy atom. The standard InChI is InChI=1S/C18H19N5O3S/c1-11(2)17-19-18(21-20-17)27-10-16(24)23-13(15-6-4-8-26-15)9-12(22-23)14-5-3-7-25-14/h3-8,11,13H,9-10H2,1-2H3,(H,19,20,21)/t13-/m0/s1. The highest BCUT2D eigenvalue weighted by Gasteiger charge is 2.35. The molecule has 0 saturated heterocycles. The molecule has 27 heavy (non-hydrogen) atoms. The number of nitrogens with zero attached hydrogens (tertiary/aromatic N) is 4. The Morgan fingerprint density at radius 2 is 2.15 bits per heavy atom.